The molecule has 2 aromatic rings. The van der Waals surface area contributed by atoms with Crippen LogP contribution in [0.2, 0.25) is 5.02 Å². The van der Waals surface area contributed by atoms with Crippen molar-refractivity contribution in [2.75, 3.05) is 14.2 Å². The van der Waals surface area contributed by atoms with E-state index in [9.17, 15) is 4.79 Å². The molecule has 2 rings (SSSR count). The molecule has 1 amide bonds. The largest absolute Gasteiger partial charge is 0.496 e. The van der Waals surface area contributed by atoms with Crippen LogP contribution in [0.5, 0.6) is 5.75 Å². The summed E-state index contributed by atoms with van der Waals surface area (Å²) in [6.07, 6.45) is 1.59. The molecule has 0 aliphatic carbocycles. The van der Waals surface area contributed by atoms with E-state index in [0.29, 0.717) is 17.3 Å². The fraction of sp³-hybridized carbons (Fsp3) is 0.267. The lowest BCUT2D eigenvalue weighted by Gasteiger charge is -2.18. The van der Waals surface area contributed by atoms with Crippen molar-refractivity contribution in [3.8, 4) is 5.75 Å². The molecule has 1 aromatic heterocycles. The number of carbonyl (C=O) groups excluding carboxylic acids is 1. The smallest absolute Gasteiger partial charge is 0.270 e. The Kier molecular flexibility index (Phi) is 4.35. The number of nitrogens with zero attached hydrogens (tertiary/aromatic N) is 1. The highest BCUT2D eigenvalue weighted by molar-refractivity contribution is 6.30. The molecule has 1 heterocycles. The third-order valence-electron chi connectivity index (χ3n) is 3.07. The lowest BCUT2D eigenvalue weighted by molar-refractivity contribution is 0.0779. The van der Waals surface area contributed by atoms with Crippen LogP contribution in [-0.4, -0.2) is 29.9 Å². The van der Waals surface area contributed by atoms with Crippen molar-refractivity contribution < 1.29 is 9.53 Å². The van der Waals surface area contributed by atoms with Crippen LogP contribution in [-0.2, 0) is 6.54 Å². The summed E-state index contributed by atoms with van der Waals surface area (Å²) in [7, 11) is 3.37. The third kappa shape index (κ3) is 3.14. The van der Waals surface area contributed by atoms with Crippen molar-refractivity contribution in [2.24, 2.45) is 0 Å². The van der Waals surface area contributed by atoms with E-state index in [1.54, 1.807) is 31.3 Å². The Hall–Kier alpha value is -1.94. The molecule has 0 fully saturated rings. The number of aromatic nitrogens is 1. The van der Waals surface area contributed by atoms with E-state index in [2.05, 4.69) is 4.98 Å². The van der Waals surface area contributed by atoms with Gasteiger partial charge in [-0.05, 0) is 19.1 Å². The Morgan fingerprint density at radius 3 is 2.75 bits per heavy atom. The average Bonchev–Trinajstić information content (AvgIpc) is 2.84. The Balaban J connectivity index is 2.17. The van der Waals surface area contributed by atoms with Gasteiger partial charge in [-0.25, -0.2) is 0 Å². The first kappa shape index (κ1) is 14.5. The number of methoxy groups -OCH3 is 1. The van der Waals surface area contributed by atoms with E-state index in [1.807, 2.05) is 25.1 Å². The predicted octanol–water partition coefficient (Wildman–Crippen LogP) is 3.26. The number of rotatable bonds is 4. The number of amides is 1. The molecule has 0 aliphatic rings. The highest BCUT2D eigenvalue weighted by atomic mass is 35.5. The maximum Gasteiger partial charge on any atom is 0.270 e. The summed E-state index contributed by atoms with van der Waals surface area (Å²) in [5.74, 6) is 0.667. The number of hydrogen-bond acceptors (Lipinski definition) is 2. The third-order valence-corrected chi connectivity index (χ3v) is 3.29. The zero-order valence-corrected chi connectivity index (χ0v) is 12.5. The predicted molar refractivity (Wildman–Crippen MR) is 79.3 cm³/mol. The van der Waals surface area contributed by atoms with Crippen molar-refractivity contribution in [1.29, 1.82) is 0 Å². The van der Waals surface area contributed by atoms with E-state index in [1.165, 1.54) is 0 Å². The fourth-order valence-electron chi connectivity index (χ4n) is 2.06. The lowest BCUT2D eigenvalue weighted by Crippen LogP contribution is -2.26. The molecule has 0 atom stereocenters. The number of hydrogen-bond donors (Lipinski definition) is 1. The topological polar surface area (TPSA) is 45.3 Å². The number of aryl methyl sites for hydroxylation is 1. The molecule has 0 spiro atoms. The first-order valence-corrected chi connectivity index (χ1v) is 6.62. The van der Waals surface area contributed by atoms with Gasteiger partial charge in [-0.2, -0.15) is 0 Å². The Morgan fingerprint density at radius 2 is 2.15 bits per heavy atom. The summed E-state index contributed by atoms with van der Waals surface area (Å²) < 4.78 is 5.32. The molecule has 0 aliphatic heterocycles. The van der Waals surface area contributed by atoms with Gasteiger partial charge in [0, 0.05) is 25.4 Å². The van der Waals surface area contributed by atoms with Gasteiger partial charge in [-0.1, -0.05) is 29.3 Å². The molecule has 0 unspecified atom stereocenters. The number of carbonyl (C=O) groups is 1. The first-order valence-electron chi connectivity index (χ1n) is 6.24. The van der Waals surface area contributed by atoms with Crippen LogP contribution in [0.4, 0.5) is 0 Å². The SMILES string of the molecule is COc1ccc(C)cc1CN(C)C(=O)c1cc(Cl)c[nH]1. The number of ether oxygens (including phenoxy) is 1. The molecule has 1 aromatic carbocycles. The van der Waals surface area contributed by atoms with Crippen LogP contribution in [0, 0.1) is 6.92 Å². The van der Waals surface area contributed by atoms with E-state index in [0.717, 1.165) is 16.9 Å². The number of aromatic amines is 1. The second kappa shape index (κ2) is 6.01. The van der Waals surface area contributed by atoms with Gasteiger partial charge in [-0.15, -0.1) is 0 Å². The quantitative estimate of drug-likeness (QED) is 0.940. The fourth-order valence-corrected chi connectivity index (χ4v) is 2.22. The van der Waals surface area contributed by atoms with Gasteiger partial charge in [0.05, 0.1) is 12.1 Å². The maximum absolute atomic E-state index is 12.2. The Bertz CT molecular complexity index is 622. The molecular weight excluding hydrogens is 276 g/mol. The van der Waals surface area contributed by atoms with Crippen LogP contribution in [0.15, 0.2) is 30.5 Å². The molecule has 20 heavy (non-hydrogen) atoms. The molecule has 4 nitrogen and oxygen atoms in total. The monoisotopic (exact) mass is 292 g/mol. The first-order chi connectivity index (χ1) is 9.51. The highest BCUT2D eigenvalue weighted by Gasteiger charge is 2.15. The van der Waals surface area contributed by atoms with Gasteiger partial charge in [0.15, 0.2) is 0 Å². The van der Waals surface area contributed by atoms with Crippen LogP contribution < -0.4 is 4.74 Å². The Labute approximate surface area is 123 Å². The van der Waals surface area contributed by atoms with Crippen molar-refractivity contribution in [2.45, 2.75) is 13.5 Å². The normalized spacial score (nSPS) is 10.4. The summed E-state index contributed by atoms with van der Waals surface area (Å²) in [6.45, 7) is 2.48. The van der Waals surface area contributed by atoms with Crippen molar-refractivity contribution in [3.63, 3.8) is 0 Å². The number of nitrogens with one attached hydrogen (secondary N) is 1. The summed E-state index contributed by atoms with van der Waals surface area (Å²) in [4.78, 5) is 16.7. The van der Waals surface area contributed by atoms with E-state index < -0.39 is 0 Å². The number of benzene rings is 1. The molecule has 0 bridgehead atoms. The van der Waals surface area contributed by atoms with Crippen molar-refractivity contribution in [3.05, 3.63) is 52.3 Å². The number of H-pyrrole nitrogens is 1. The van der Waals surface area contributed by atoms with Crippen LogP contribution in [0.25, 0.3) is 0 Å². The average molecular weight is 293 g/mol. The summed E-state index contributed by atoms with van der Waals surface area (Å²) >= 11 is 5.82. The van der Waals surface area contributed by atoms with Crippen LogP contribution in [0.1, 0.15) is 21.6 Å². The Morgan fingerprint density at radius 1 is 1.40 bits per heavy atom. The van der Waals surface area contributed by atoms with Gasteiger partial charge >= 0.3 is 0 Å². The van der Waals surface area contributed by atoms with Gasteiger partial charge in [0.25, 0.3) is 5.91 Å². The zero-order chi connectivity index (χ0) is 14.7. The van der Waals surface area contributed by atoms with Gasteiger partial charge in [0.1, 0.15) is 11.4 Å². The van der Waals surface area contributed by atoms with E-state index in [-0.39, 0.29) is 5.91 Å². The van der Waals surface area contributed by atoms with Crippen molar-refractivity contribution >= 4 is 17.5 Å². The highest BCUT2D eigenvalue weighted by Crippen LogP contribution is 2.21. The second-order valence-corrected chi connectivity index (χ2v) is 5.14. The van der Waals surface area contributed by atoms with Crippen molar-refractivity contribution in [1.82, 2.24) is 9.88 Å². The maximum atomic E-state index is 12.2. The van der Waals surface area contributed by atoms with Crippen LogP contribution in [0.3, 0.4) is 0 Å². The second-order valence-electron chi connectivity index (χ2n) is 4.71. The van der Waals surface area contributed by atoms with Gasteiger partial charge in [0.2, 0.25) is 0 Å². The van der Waals surface area contributed by atoms with Gasteiger partial charge < -0.3 is 14.6 Å². The minimum absolute atomic E-state index is 0.111. The summed E-state index contributed by atoms with van der Waals surface area (Å²) in [6, 6.07) is 7.53. The van der Waals surface area contributed by atoms with E-state index >= 15 is 0 Å². The minimum Gasteiger partial charge on any atom is -0.496 e. The lowest BCUT2D eigenvalue weighted by atomic mass is 10.1. The molecule has 1 N–H and O–H groups in total. The standard InChI is InChI=1S/C15H17ClN2O2/c1-10-4-5-14(20-3)11(6-10)9-18(2)15(19)13-7-12(16)8-17-13/h4-8,17H,9H2,1-3H3. The van der Waals surface area contributed by atoms with Gasteiger partial charge in [-0.3, -0.25) is 4.79 Å². The summed E-state index contributed by atoms with van der Waals surface area (Å²) in [5, 5.41) is 0.523. The number of halogens is 1. The van der Waals surface area contributed by atoms with Crippen LogP contribution >= 0.6 is 11.6 Å². The molecular formula is C15H17ClN2O2. The molecule has 0 saturated heterocycles. The van der Waals surface area contributed by atoms with E-state index in [4.69, 9.17) is 16.3 Å². The molecule has 106 valence electrons. The molecule has 0 radical (unpaired) electrons. The molecule has 5 heteroatoms. The summed E-state index contributed by atoms with van der Waals surface area (Å²) in [5.41, 5.74) is 2.58. The minimum atomic E-state index is -0.111. The zero-order valence-electron chi connectivity index (χ0n) is 11.7. The molecule has 0 saturated carbocycles.